The lowest BCUT2D eigenvalue weighted by Crippen LogP contribution is -2.56. The summed E-state index contributed by atoms with van der Waals surface area (Å²) in [6, 6.07) is 16.2. The average molecular weight is 448 g/mol. The van der Waals surface area contributed by atoms with E-state index < -0.39 is 29.0 Å². The van der Waals surface area contributed by atoms with E-state index in [2.05, 4.69) is 17.0 Å². The summed E-state index contributed by atoms with van der Waals surface area (Å²) >= 11 is 0. The van der Waals surface area contributed by atoms with E-state index in [4.69, 9.17) is 11.5 Å². The molecule has 2 aromatic rings. The second kappa shape index (κ2) is 9.79. The maximum Gasteiger partial charge on any atom is 0.226 e. The largest absolute Gasteiger partial charge is 0.369 e. The van der Waals surface area contributed by atoms with Gasteiger partial charge in [0.1, 0.15) is 5.82 Å². The second-order valence-corrected chi connectivity index (χ2v) is 8.66. The van der Waals surface area contributed by atoms with Gasteiger partial charge in [-0.05, 0) is 57.8 Å². The van der Waals surface area contributed by atoms with Crippen molar-refractivity contribution in [3.8, 4) is 0 Å². The first kappa shape index (κ1) is 24.8. The molecule has 0 bridgehead atoms. The molecule has 1 fully saturated rings. The summed E-state index contributed by atoms with van der Waals surface area (Å²) in [4.78, 5) is 27.4. The molecule has 0 saturated heterocycles. The number of rotatable bonds is 7. The molecule has 1 aliphatic rings. The Morgan fingerprint density at radius 2 is 1.52 bits per heavy atom. The molecule has 5 nitrogen and oxygen atoms in total. The molecule has 31 heavy (non-hydrogen) atoms. The van der Waals surface area contributed by atoms with Crippen molar-refractivity contribution in [3.63, 3.8) is 0 Å². The Bertz CT molecular complexity index is 912. The first-order chi connectivity index (χ1) is 14.2. The number of benzene rings is 2. The number of amides is 2. The van der Waals surface area contributed by atoms with Crippen molar-refractivity contribution >= 4 is 24.2 Å². The summed E-state index contributed by atoms with van der Waals surface area (Å²) in [6.07, 6.45) is 2.85. The summed E-state index contributed by atoms with van der Waals surface area (Å²) in [6.45, 7) is 0. The number of carbonyl (C=O) groups is 2. The lowest BCUT2D eigenvalue weighted by Gasteiger charge is -2.50. The van der Waals surface area contributed by atoms with Crippen LogP contribution in [0.25, 0.3) is 0 Å². The molecule has 1 atom stereocenters. The van der Waals surface area contributed by atoms with Crippen molar-refractivity contribution in [2.45, 2.75) is 43.6 Å². The second-order valence-electron chi connectivity index (χ2n) is 8.66. The standard InChI is InChI=1S/C24H30FN3O2.ClH/c1-28(2)23(16-17-8-4-3-5-9-17)12-14-24(15-13-23,22(27)30)20(21(26)29)18-10-6-7-11-19(18)25;/h3-11,20H,12-16H2,1-2H3,(H2,26,29)(H2,27,30);1H. The Morgan fingerprint density at radius 3 is 2.00 bits per heavy atom. The van der Waals surface area contributed by atoms with Gasteiger partial charge in [0.25, 0.3) is 0 Å². The fourth-order valence-corrected chi connectivity index (χ4v) is 5.03. The van der Waals surface area contributed by atoms with Gasteiger partial charge >= 0.3 is 0 Å². The van der Waals surface area contributed by atoms with Gasteiger partial charge in [-0.2, -0.15) is 0 Å². The fraction of sp³-hybridized carbons (Fsp3) is 0.417. The topological polar surface area (TPSA) is 89.4 Å². The van der Waals surface area contributed by atoms with Crippen molar-refractivity contribution in [2.24, 2.45) is 16.9 Å². The highest BCUT2D eigenvalue weighted by molar-refractivity contribution is 5.93. The number of primary amides is 2. The van der Waals surface area contributed by atoms with Gasteiger partial charge in [0.05, 0.1) is 11.3 Å². The van der Waals surface area contributed by atoms with Gasteiger partial charge in [-0.15, -0.1) is 12.4 Å². The molecule has 3 rings (SSSR count). The Kier molecular flexibility index (Phi) is 7.84. The molecule has 1 unspecified atom stereocenters. The Morgan fingerprint density at radius 1 is 0.968 bits per heavy atom. The molecule has 1 aliphatic carbocycles. The van der Waals surface area contributed by atoms with Gasteiger partial charge in [-0.25, -0.2) is 4.39 Å². The van der Waals surface area contributed by atoms with E-state index >= 15 is 0 Å². The number of nitrogens with zero attached hydrogens (tertiary/aromatic N) is 1. The summed E-state index contributed by atoms with van der Waals surface area (Å²) in [5, 5.41) is 0. The summed E-state index contributed by atoms with van der Waals surface area (Å²) in [5.74, 6) is -2.95. The number of halogens is 2. The van der Waals surface area contributed by atoms with Crippen molar-refractivity contribution in [2.75, 3.05) is 14.1 Å². The monoisotopic (exact) mass is 447 g/mol. The molecule has 4 N–H and O–H groups in total. The minimum absolute atomic E-state index is 0. The van der Waals surface area contributed by atoms with Gasteiger partial charge in [0, 0.05) is 11.1 Å². The molecule has 7 heteroatoms. The number of hydrogen-bond acceptors (Lipinski definition) is 3. The molecule has 0 heterocycles. The zero-order valence-electron chi connectivity index (χ0n) is 18.0. The predicted octanol–water partition coefficient (Wildman–Crippen LogP) is 3.41. The molecular formula is C24H31ClFN3O2. The lowest BCUT2D eigenvalue weighted by molar-refractivity contribution is -0.139. The van der Waals surface area contributed by atoms with Gasteiger partial charge in [-0.1, -0.05) is 48.5 Å². The number of carbonyl (C=O) groups excluding carboxylic acids is 2. The molecule has 0 aromatic heterocycles. The third-order valence-electron chi connectivity index (χ3n) is 6.94. The minimum Gasteiger partial charge on any atom is -0.369 e. The zero-order chi connectivity index (χ0) is 21.9. The molecule has 0 aliphatic heterocycles. The van der Waals surface area contributed by atoms with E-state index in [1.54, 1.807) is 12.1 Å². The molecule has 1 saturated carbocycles. The van der Waals surface area contributed by atoms with Crippen molar-refractivity contribution in [3.05, 3.63) is 71.5 Å². The van der Waals surface area contributed by atoms with Crippen molar-refractivity contribution in [1.82, 2.24) is 4.90 Å². The van der Waals surface area contributed by atoms with Gasteiger partial charge in [0.15, 0.2) is 0 Å². The van der Waals surface area contributed by atoms with Crippen LogP contribution in [0.15, 0.2) is 54.6 Å². The zero-order valence-corrected chi connectivity index (χ0v) is 18.8. The number of hydrogen-bond donors (Lipinski definition) is 2. The van der Waals surface area contributed by atoms with Crippen LogP contribution in [0.1, 0.15) is 42.7 Å². The van der Waals surface area contributed by atoms with Crippen LogP contribution in [0.5, 0.6) is 0 Å². The van der Waals surface area contributed by atoms with Gasteiger partial charge in [0.2, 0.25) is 11.8 Å². The molecule has 168 valence electrons. The lowest BCUT2D eigenvalue weighted by atomic mass is 9.58. The maximum absolute atomic E-state index is 14.6. The maximum atomic E-state index is 14.6. The van der Waals surface area contributed by atoms with Crippen molar-refractivity contribution in [1.29, 1.82) is 0 Å². The SMILES string of the molecule is CN(C)C1(Cc2ccccc2)CCC(C(N)=O)(C(C(N)=O)c2ccccc2F)CC1.Cl. The van der Waals surface area contributed by atoms with E-state index in [1.807, 2.05) is 32.3 Å². The Balaban J connectivity index is 0.00000341. The number of nitrogens with two attached hydrogens (primary N) is 2. The first-order valence-electron chi connectivity index (χ1n) is 10.3. The Hall–Kier alpha value is -2.44. The van der Waals surface area contributed by atoms with Crippen LogP contribution in [-0.4, -0.2) is 36.3 Å². The molecule has 2 aromatic carbocycles. The van der Waals surface area contributed by atoms with Crippen LogP contribution >= 0.6 is 12.4 Å². The van der Waals surface area contributed by atoms with Crippen LogP contribution in [0.3, 0.4) is 0 Å². The van der Waals surface area contributed by atoms with E-state index in [1.165, 1.54) is 17.7 Å². The van der Waals surface area contributed by atoms with E-state index in [-0.39, 0.29) is 23.5 Å². The summed E-state index contributed by atoms with van der Waals surface area (Å²) in [5.41, 5.74) is 11.5. The van der Waals surface area contributed by atoms with Gasteiger partial charge < -0.3 is 16.4 Å². The van der Waals surface area contributed by atoms with E-state index in [0.717, 1.165) is 6.42 Å². The smallest absolute Gasteiger partial charge is 0.226 e. The highest BCUT2D eigenvalue weighted by Gasteiger charge is 2.54. The predicted molar refractivity (Wildman–Crippen MR) is 122 cm³/mol. The molecular weight excluding hydrogens is 417 g/mol. The van der Waals surface area contributed by atoms with Crippen LogP contribution in [0, 0.1) is 11.2 Å². The molecule has 2 amide bonds. The third-order valence-corrected chi connectivity index (χ3v) is 6.94. The van der Waals surface area contributed by atoms with Crippen LogP contribution in [0.2, 0.25) is 0 Å². The Labute approximate surface area is 189 Å². The van der Waals surface area contributed by atoms with Crippen molar-refractivity contribution < 1.29 is 14.0 Å². The van der Waals surface area contributed by atoms with E-state index in [0.29, 0.717) is 25.7 Å². The first-order valence-corrected chi connectivity index (χ1v) is 10.3. The highest BCUT2D eigenvalue weighted by Crippen LogP contribution is 2.51. The van der Waals surface area contributed by atoms with Crippen LogP contribution in [-0.2, 0) is 16.0 Å². The van der Waals surface area contributed by atoms with E-state index in [9.17, 15) is 14.0 Å². The van der Waals surface area contributed by atoms with Crippen LogP contribution in [0.4, 0.5) is 4.39 Å². The average Bonchev–Trinajstić information content (AvgIpc) is 2.71. The molecule has 0 spiro atoms. The summed E-state index contributed by atoms with van der Waals surface area (Å²) < 4.78 is 14.6. The number of likely N-dealkylation sites (N-methyl/N-ethyl adjacent to an activating group) is 1. The highest BCUT2D eigenvalue weighted by atomic mass is 35.5. The normalized spacial score (nSPS) is 24.3. The summed E-state index contributed by atoms with van der Waals surface area (Å²) in [7, 11) is 4.06. The van der Waals surface area contributed by atoms with Gasteiger partial charge in [-0.3, -0.25) is 9.59 Å². The fourth-order valence-electron chi connectivity index (χ4n) is 5.03. The minimum atomic E-state index is -1.20. The molecule has 0 radical (unpaired) electrons. The quantitative estimate of drug-likeness (QED) is 0.681. The third kappa shape index (κ3) is 4.75. The van der Waals surface area contributed by atoms with Crippen LogP contribution < -0.4 is 11.5 Å².